The number of carboxylic acid groups (broad SMARTS) is 2. The van der Waals surface area contributed by atoms with Crippen LogP contribution in [0.25, 0.3) is 0 Å². The zero-order valence-corrected chi connectivity index (χ0v) is 14.8. The van der Waals surface area contributed by atoms with E-state index in [2.05, 4.69) is 9.97 Å². The molecule has 0 unspecified atom stereocenters. The molecule has 0 radical (unpaired) electrons. The molecule has 2 heterocycles. The van der Waals surface area contributed by atoms with Crippen LogP contribution in [0.2, 0.25) is 0 Å². The van der Waals surface area contributed by atoms with Crippen LogP contribution in [0.1, 0.15) is 20.7 Å². The molecule has 0 aliphatic heterocycles. The van der Waals surface area contributed by atoms with E-state index in [1.54, 1.807) is 12.1 Å². The maximum Gasteiger partial charge on any atom is 2.00 e. The molecule has 11 heteroatoms. The van der Waals surface area contributed by atoms with Gasteiger partial charge in [0.25, 0.3) is 0 Å². The van der Waals surface area contributed by atoms with Crippen molar-refractivity contribution in [3.05, 3.63) is 60.2 Å². The molecule has 2 rings (SSSR count). The minimum absolute atomic E-state index is 0. The van der Waals surface area contributed by atoms with E-state index >= 15 is 0 Å². The van der Waals surface area contributed by atoms with Crippen molar-refractivity contribution in [1.82, 2.24) is 9.97 Å². The minimum Gasteiger partial charge on any atom is -0.545 e. The maximum atomic E-state index is 10.0. The molecule has 0 amide bonds. The van der Waals surface area contributed by atoms with Crippen LogP contribution < -0.4 is 10.2 Å². The summed E-state index contributed by atoms with van der Waals surface area (Å²) in [4.78, 5) is 27.3. The Labute approximate surface area is 143 Å². The first kappa shape index (κ1) is 32.6. The summed E-state index contributed by atoms with van der Waals surface area (Å²) in [5.41, 5.74) is 0.218. The monoisotopic (exact) mass is 380 g/mol. The number of carbonyl (C=O) groups excluding carboxylic acids is 2. The van der Waals surface area contributed by atoms with E-state index in [9.17, 15) is 19.8 Å². The van der Waals surface area contributed by atoms with Crippen LogP contribution in [-0.4, -0.2) is 43.8 Å². The van der Waals surface area contributed by atoms with Gasteiger partial charge in [-0.05, 0) is 12.1 Å². The molecule has 2 aromatic heterocycles. The molecule has 0 aliphatic carbocycles. The number of hydrogen-bond donors (Lipinski definition) is 0. The zero-order valence-electron chi connectivity index (χ0n) is 11.9. The van der Waals surface area contributed by atoms with E-state index in [0.717, 1.165) is 0 Å². The van der Waals surface area contributed by atoms with Crippen LogP contribution >= 0.6 is 0 Å². The number of carbonyl (C=O) groups is 2. The van der Waals surface area contributed by atoms with Crippen molar-refractivity contribution in [2.75, 3.05) is 0 Å². The molecule has 0 atom stereocenters. The van der Waals surface area contributed by atoms with E-state index in [0.29, 0.717) is 0 Å². The third-order valence-electron chi connectivity index (χ3n) is 1.79. The molecule has 0 bridgehead atoms. The first-order valence-corrected chi connectivity index (χ1v) is 4.84. The molecular weight excluding hydrogens is 366 g/mol. The number of aromatic nitrogens is 2. The number of pyridine rings is 2. The number of nitrogens with zero attached hydrogens (tertiary/aromatic N) is 2. The summed E-state index contributed by atoms with van der Waals surface area (Å²) >= 11 is 0. The minimum atomic E-state index is -1.19. The third kappa shape index (κ3) is 13.1. The van der Waals surface area contributed by atoms with Crippen molar-refractivity contribution in [3.8, 4) is 0 Å². The molecule has 0 fully saturated rings. The quantitative estimate of drug-likeness (QED) is 0.465. The van der Waals surface area contributed by atoms with Crippen molar-refractivity contribution < 1.29 is 61.2 Å². The summed E-state index contributed by atoms with van der Waals surface area (Å²) in [5.74, 6) is -2.38. The summed E-state index contributed by atoms with van der Waals surface area (Å²) in [6.07, 6.45) is 5.50. The Hall–Kier alpha value is -2.30. The van der Waals surface area contributed by atoms with Gasteiger partial charge in [0, 0.05) is 35.9 Å². The molecule has 0 saturated carbocycles. The van der Waals surface area contributed by atoms with Gasteiger partial charge in [0.1, 0.15) is 0 Å². The van der Waals surface area contributed by atoms with Gasteiger partial charge in [0.15, 0.2) is 0 Å². The van der Waals surface area contributed by atoms with Gasteiger partial charge in [0.2, 0.25) is 0 Å². The van der Waals surface area contributed by atoms with Crippen molar-refractivity contribution in [3.63, 3.8) is 0 Å². The summed E-state index contributed by atoms with van der Waals surface area (Å²) in [6.45, 7) is 0. The van der Waals surface area contributed by atoms with Crippen LogP contribution in [0.4, 0.5) is 0 Å². The van der Waals surface area contributed by atoms with E-state index in [1.807, 2.05) is 0 Å². The van der Waals surface area contributed by atoms with Gasteiger partial charge in [-0.1, -0.05) is 12.1 Å². The fourth-order valence-corrected chi connectivity index (χ4v) is 0.967. The first-order valence-electron chi connectivity index (χ1n) is 4.84. The van der Waals surface area contributed by atoms with Gasteiger partial charge in [-0.15, -0.1) is 0 Å². The largest absolute Gasteiger partial charge is 2.00 e. The zero-order chi connectivity index (χ0) is 13.4. The molecule has 0 aliphatic rings. The molecule has 2 aromatic rings. The Kier molecular flexibility index (Phi) is 25.2. The Morgan fingerprint density at radius 2 is 1.04 bits per heavy atom. The molecule has 124 valence electrons. The Bertz CT molecular complexity index is 478. The molecule has 8 N–H and O–H groups in total. The van der Waals surface area contributed by atoms with Gasteiger partial charge >= 0.3 is 19.5 Å². The molecule has 0 aromatic carbocycles. The summed E-state index contributed by atoms with van der Waals surface area (Å²) < 4.78 is 0. The van der Waals surface area contributed by atoms with Crippen LogP contribution in [0.3, 0.4) is 0 Å². The fourth-order valence-electron chi connectivity index (χ4n) is 0.967. The van der Waals surface area contributed by atoms with Crippen molar-refractivity contribution in [2.24, 2.45) is 0 Å². The Morgan fingerprint density at radius 3 is 1.17 bits per heavy atom. The molecule has 0 saturated heterocycles. The molecule has 23 heavy (non-hydrogen) atoms. The second-order valence-corrected chi connectivity index (χ2v) is 3.06. The van der Waals surface area contributed by atoms with E-state index in [4.69, 9.17) is 0 Å². The van der Waals surface area contributed by atoms with E-state index in [-0.39, 0.29) is 52.5 Å². The fraction of sp³-hybridized carbons (Fsp3) is 0. The number of carboxylic acids is 2. The average Bonchev–Trinajstić information content (AvgIpc) is 2.41. The normalized spacial score (nSPS) is 6.96. The Balaban J connectivity index is -0.0000000771. The second-order valence-electron chi connectivity index (χ2n) is 3.06. The molecule has 10 nitrogen and oxygen atoms in total. The third-order valence-corrected chi connectivity index (χ3v) is 1.79. The van der Waals surface area contributed by atoms with Gasteiger partial charge < -0.3 is 41.7 Å². The maximum absolute atomic E-state index is 10.0. The number of rotatable bonds is 2. The first-order chi connectivity index (χ1) is 8.61. The van der Waals surface area contributed by atoms with Crippen molar-refractivity contribution in [1.29, 1.82) is 0 Å². The van der Waals surface area contributed by atoms with Gasteiger partial charge in [-0.3, -0.25) is 9.97 Å². The second kappa shape index (κ2) is 17.8. The Morgan fingerprint density at radius 1 is 0.739 bits per heavy atom. The van der Waals surface area contributed by atoms with Crippen LogP contribution in [0, 0.1) is 0 Å². The van der Waals surface area contributed by atoms with Crippen molar-refractivity contribution >= 4 is 11.9 Å². The average molecular weight is 382 g/mol. The van der Waals surface area contributed by atoms with Crippen LogP contribution in [-0.2, 0) is 19.5 Å². The van der Waals surface area contributed by atoms with Gasteiger partial charge in [-0.25, -0.2) is 0 Å². The molecule has 0 spiro atoms. The summed E-state index contributed by atoms with van der Waals surface area (Å²) in [7, 11) is 0. The predicted molar refractivity (Wildman–Crippen MR) is 71.6 cm³/mol. The summed E-state index contributed by atoms with van der Waals surface area (Å²) in [5, 5.41) is 20.1. The topological polar surface area (TPSA) is 232 Å². The van der Waals surface area contributed by atoms with Crippen molar-refractivity contribution in [2.45, 2.75) is 0 Å². The summed E-state index contributed by atoms with van der Waals surface area (Å²) in [6, 6.07) is 5.96. The smallest absolute Gasteiger partial charge is 0.545 e. The van der Waals surface area contributed by atoms with Crippen LogP contribution in [0.5, 0.6) is 0 Å². The van der Waals surface area contributed by atoms with Gasteiger partial charge in [0.05, 0.1) is 11.9 Å². The van der Waals surface area contributed by atoms with E-state index in [1.165, 1.54) is 36.9 Å². The van der Waals surface area contributed by atoms with Crippen LogP contribution in [0.15, 0.2) is 49.1 Å². The van der Waals surface area contributed by atoms with Gasteiger partial charge in [-0.2, -0.15) is 0 Å². The SMILES string of the molecule is O.O.O.O.O=C([O-])c1cccnc1.O=C([O-])c1cccnc1.[Zn+2]. The predicted octanol–water partition coefficient (Wildman–Crippen LogP) is -4.41. The van der Waals surface area contributed by atoms with E-state index < -0.39 is 11.9 Å². The molecular formula is C12H16N2O8Zn. The standard InChI is InChI=1S/2C6H5NO2.4H2O.Zn/c2*8-6(9)5-2-1-3-7-4-5;;;;;/h2*1-4H,(H,8,9);4*1H2;/q;;;;;;+2/p-2. The number of hydrogen-bond acceptors (Lipinski definition) is 6. The number of aromatic carboxylic acids is 2.